The van der Waals surface area contributed by atoms with Crippen molar-refractivity contribution in [3.63, 3.8) is 0 Å². The summed E-state index contributed by atoms with van der Waals surface area (Å²) in [5.41, 5.74) is 1.01. The Kier molecular flexibility index (Phi) is 7.43. The SMILES string of the molecule is CN(C)/C=N/c1c(I)c(C(=O)Cl)c(I)c(C(=O)Cl)c1I. The smallest absolute Gasteiger partial charge is 0.254 e. The summed E-state index contributed by atoms with van der Waals surface area (Å²) in [7, 11) is 3.63. The Labute approximate surface area is 167 Å². The summed E-state index contributed by atoms with van der Waals surface area (Å²) in [6.07, 6.45) is 1.58. The van der Waals surface area contributed by atoms with Crippen LogP contribution in [0.1, 0.15) is 20.7 Å². The topological polar surface area (TPSA) is 49.7 Å². The minimum absolute atomic E-state index is 0.253. The van der Waals surface area contributed by atoms with E-state index in [9.17, 15) is 9.59 Å². The van der Waals surface area contributed by atoms with E-state index in [0.717, 1.165) is 0 Å². The number of carbonyl (C=O) groups is 2. The molecule has 1 aromatic carbocycles. The van der Waals surface area contributed by atoms with Gasteiger partial charge < -0.3 is 4.90 Å². The fraction of sp³-hybridized carbons (Fsp3) is 0.182. The number of halogens is 5. The third-order valence-corrected chi connectivity index (χ3v) is 5.66. The lowest BCUT2D eigenvalue weighted by Gasteiger charge is -2.13. The number of aliphatic imine (C=N–C) groups is 1. The van der Waals surface area contributed by atoms with E-state index in [0.29, 0.717) is 16.4 Å². The average molecular weight is 651 g/mol. The molecule has 0 aliphatic heterocycles. The Morgan fingerprint density at radius 1 is 1.00 bits per heavy atom. The van der Waals surface area contributed by atoms with Crippen LogP contribution in [0.15, 0.2) is 4.99 Å². The lowest BCUT2D eigenvalue weighted by atomic mass is 10.1. The van der Waals surface area contributed by atoms with Crippen LogP contribution in [-0.4, -0.2) is 35.8 Å². The van der Waals surface area contributed by atoms with Gasteiger partial charge in [-0.3, -0.25) is 9.59 Å². The summed E-state index contributed by atoms with van der Waals surface area (Å²) in [6, 6.07) is 0. The molecule has 0 bridgehead atoms. The number of nitrogens with zero attached hydrogens (tertiary/aromatic N) is 2. The van der Waals surface area contributed by atoms with E-state index in [1.54, 1.807) is 11.2 Å². The molecule has 9 heteroatoms. The first-order valence-corrected chi connectivity index (χ1v) is 8.98. The minimum Gasteiger partial charge on any atom is -0.369 e. The van der Waals surface area contributed by atoms with Gasteiger partial charge in [0.25, 0.3) is 10.5 Å². The Balaban J connectivity index is 3.76. The highest BCUT2D eigenvalue weighted by Crippen LogP contribution is 2.38. The van der Waals surface area contributed by atoms with Crippen LogP contribution in [0.3, 0.4) is 0 Å². The molecule has 0 heterocycles. The van der Waals surface area contributed by atoms with E-state index in [4.69, 9.17) is 23.2 Å². The maximum Gasteiger partial charge on any atom is 0.254 e. The van der Waals surface area contributed by atoms with E-state index in [1.165, 1.54) is 0 Å². The Morgan fingerprint density at radius 3 is 1.70 bits per heavy atom. The van der Waals surface area contributed by atoms with Crippen molar-refractivity contribution in [2.24, 2.45) is 4.99 Å². The van der Waals surface area contributed by atoms with Crippen LogP contribution in [0.4, 0.5) is 5.69 Å². The molecule has 20 heavy (non-hydrogen) atoms. The lowest BCUT2D eigenvalue weighted by molar-refractivity contribution is 0.107. The zero-order valence-corrected chi connectivity index (χ0v) is 18.2. The molecule has 4 nitrogen and oxygen atoms in total. The lowest BCUT2D eigenvalue weighted by Crippen LogP contribution is -2.10. The highest BCUT2D eigenvalue weighted by atomic mass is 127. The first-order chi connectivity index (χ1) is 9.18. The molecule has 0 spiro atoms. The highest BCUT2D eigenvalue weighted by Gasteiger charge is 2.26. The van der Waals surface area contributed by atoms with Gasteiger partial charge in [0.05, 0.1) is 30.3 Å². The summed E-state index contributed by atoms with van der Waals surface area (Å²) in [5.74, 6) is 0. The number of hydrogen-bond donors (Lipinski definition) is 0. The standard InChI is InChI=1S/C11H7Cl2I3N2O2/c1-18(2)3-17-9-7(15)4(10(12)19)6(14)5(8(9)16)11(13)20/h3H,1-2H3/b17-3+. The fourth-order valence-electron chi connectivity index (χ4n) is 1.28. The van der Waals surface area contributed by atoms with E-state index in [1.807, 2.05) is 81.9 Å². The van der Waals surface area contributed by atoms with Gasteiger partial charge in [-0.25, -0.2) is 4.99 Å². The number of hydrogen-bond acceptors (Lipinski definition) is 3. The summed E-state index contributed by atoms with van der Waals surface area (Å²) in [4.78, 5) is 29.2. The highest BCUT2D eigenvalue weighted by molar-refractivity contribution is 14.1. The van der Waals surface area contributed by atoms with Crippen LogP contribution in [0.5, 0.6) is 0 Å². The van der Waals surface area contributed by atoms with Gasteiger partial charge in [0.1, 0.15) is 0 Å². The predicted molar refractivity (Wildman–Crippen MR) is 107 cm³/mol. The van der Waals surface area contributed by atoms with Gasteiger partial charge >= 0.3 is 0 Å². The van der Waals surface area contributed by atoms with E-state index < -0.39 is 10.5 Å². The maximum atomic E-state index is 11.6. The van der Waals surface area contributed by atoms with Gasteiger partial charge in [0, 0.05) is 17.7 Å². The summed E-state index contributed by atoms with van der Waals surface area (Å²) < 4.78 is 1.63. The first kappa shape index (κ1) is 18.8. The number of rotatable bonds is 4. The van der Waals surface area contributed by atoms with Crippen molar-refractivity contribution >= 4 is 113 Å². The summed E-state index contributed by atoms with van der Waals surface area (Å²) >= 11 is 17.1. The van der Waals surface area contributed by atoms with Crippen molar-refractivity contribution in [3.8, 4) is 0 Å². The van der Waals surface area contributed by atoms with Crippen LogP contribution >= 0.6 is 91.0 Å². The molecule has 0 atom stereocenters. The van der Waals surface area contributed by atoms with Gasteiger partial charge in [-0.1, -0.05) is 0 Å². The molecular weight excluding hydrogens is 644 g/mol. The van der Waals surface area contributed by atoms with E-state index in [-0.39, 0.29) is 11.1 Å². The molecule has 0 unspecified atom stereocenters. The van der Waals surface area contributed by atoms with Crippen molar-refractivity contribution < 1.29 is 9.59 Å². The second kappa shape index (κ2) is 7.88. The zero-order valence-electron chi connectivity index (χ0n) is 10.2. The van der Waals surface area contributed by atoms with Crippen molar-refractivity contribution in [3.05, 3.63) is 21.8 Å². The van der Waals surface area contributed by atoms with Crippen LogP contribution in [0, 0.1) is 10.7 Å². The summed E-state index contributed by atoms with van der Waals surface area (Å²) in [6.45, 7) is 0. The normalized spacial score (nSPS) is 10.9. The molecule has 0 fully saturated rings. The number of carbonyl (C=O) groups excluding carboxylic acids is 2. The van der Waals surface area contributed by atoms with Gasteiger partial charge in [-0.05, 0) is 91.0 Å². The van der Waals surface area contributed by atoms with Gasteiger partial charge in [-0.15, -0.1) is 0 Å². The quantitative estimate of drug-likeness (QED) is 0.209. The van der Waals surface area contributed by atoms with Crippen molar-refractivity contribution in [1.82, 2.24) is 4.90 Å². The largest absolute Gasteiger partial charge is 0.369 e. The van der Waals surface area contributed by atoms with Gasteiger partial charge in [-0.2, -0.15) is 0 Å². The van der Waals surface area contributed by atoms with Crippen molar-refractivity contribution in [1.29, 1.82) is 0 Å². The first-order valence-electron chi connectivity index (χ1n) is 4.99. The molecule has 0 saturated carbocycles. The second-order valence-corrected chi connectivity index (χ2v) is 7.72. The third-order valence-electron chi connectivity index (χ3n) is 2.10. The molecule has 0 radical (unpaired) electrons. The molecule has 0 N–H and O–H groups in total. The molecular formula is C11H7Cl2I3N2O2. The predicted octanol–water partition coefficient (Wildman–Crippen LogP) is 4.48. The minimum atomic E-state index is -0.643. The molecule has 0 aliphatic carbocycles. The Bertz CT molecular complexity index is 577. The molecule has 1 aromatic rings. The Morgan fingerprint density at radius 2 is 1.40 bits per heavy atom. The van der Waals surface area contributed by atoms with Crippen molar-refractivity contribution in [2.45, 2.75) is 0 Å². The maximum absolute atomic E-state index is 11.6. The van der Waals surface area contributed by atoms with Crippen LogP contribution < -0.4 is 0 Å². The van der Waals surface area contributed by atoms with Crippen LogP contribution in [0.2, 0.25) is 0 Å². The fourth-order valence-corrected chi connectivity index (χ4v) is 6.72. The number of benzene rings is 1. The van der Waals surface area contributed by atoms with E-state index >= 15 is 0 Å². The molecule has 0 amide bonds. The zero-order chi connectivity index (χ0) is 15.6. The molecule has 0 saturated heterocycles. The average Bonchev–Trinajstić information content (AvgIpc) is 2.26. The van der Waals surface area contributed by atoms with Gasteiger partial charge in [0.2, 0.25) is 0 Å². The third kappa shape index (κ3) is 4.17. The molecule has 108 valence electrons. The molecule has 0 aliphatic rings. The van der Waals surface area contributed by atoms with Crippen molar-refractivity contribution in [2.75, 3.05) is 14.1 Å². The van der Waals surface area contributed by atoms with Crippen LogP contribution in [0.25, 0.3) is 0 Å². The monoisotopic (exact) mass is 650 g/mol. The second-order valence-electron chi connectivity index (χ2n) is 3.80. The molecule has 0 aromatic heterocycles. The van der Waals surface area contributed by atoms with Crippen LogP contribution in [-0.2, 0) is 0 Å². The Hall–Kier alpha value is 0.800. The van der Waals surface area contributed by atoms with E-state index in [2.05, 4.69) is 4.99 Å². The van der Waals surface area contributed by atoms with Gasteiger partial charge in [0.15, 0.2) is 0 Å². The summed E-state index contributed by atoms with van der Waals surface area (Å²) in [5, 5.41) is -1.29. The molecule has 1 rings (SSSR count).